The molecule has 4 nitrogen and oxygen atoms in total. The lowest BCUT2D eigenvalue weighted by atomic mass is 9.84. The zero-order valence-corrected chi connectivity index (χ0v) is 16.0. The van der Waals surface area contributed by atoms with Crippen LogP contribution < -0.4 is 4.74 Å². The lowest BCUT2D eigenvalue weighted by molar-refractivity contribution is 0.0327. The third kappa shape index (κ3) is 5.04. The van der Waals surface area contributed by atoms with Crippen LogP contribution in [0, 0.1) is 0 Å². The summed E-state index contributed by atoms with van der Waals surface area (Å²) in [4.78, 5) is 9.20. The molecule has 1 heterocycles. The highest BCUT2D eigenvalue weighted by molar-refractivity contribution is 5.56. The van der Waals surface area contributed by atoms with E-state index in [9.17, 15) is 0 Å². The fourth-order valence-corrected chi connectivity index (χ4v) is 3.53. The molecule has 1 fully saturated rings. The van der Waals surface area contributed by atoms with Gasteiger partial charge < -0.3 is 9.47 Å². The Labute approximate surface area is 157 Å². The summed E-state index contributed by atoms with van der Waals surface area (Å²) in [5.41, 5.74) is 2.28. The summed E-state index contributed by atoms with van der Waals surface area (Å²) in [5.74, 6) is 2.25. The van der Waals surface area contributed by atoms with E-state index < -0.39 is 0 Å². The fraction of sp³-hybridized carbons (Fsp3) is 0.545. The van der Waals surface area contributed by atoms with Crippen molar-refractivity contribution in [2.45, 2.75) is 64.4 Å². The molecule has 1 saturated carbocycles. The Kier molecular flexibility index (Phi) is 7.01. The van der Waals surface area contributed by atoms with Gasteiger partial charge in [0, 0.05) is 24.6 Å². The molecule has 26 heavy (non-hydrogen) atoms. The van der Waals surface area contributed by atoms with E-state index in [2.05, 4.69) is 23.8 Å². The van der Waals surface area contributed by atoms with Gasteiger partial charge in [0.05, 0.1) is 12.7 Å². The first-order valence-corrected chi connectivity index (χ1v) is 9.97. The van der Waals surface area contributed by atoms with Crippen molar-refractivity contribution in [2.75, 3.05) is 13.2 Å². The molecule has 4 heteroatoms. The summed E-state index contributed by atoms with van der Waals surface area (Å²) in [6.45, 7) is 5.82. The van der Waals surface area contributed by atoms with Crippen molar-refractivity contribution in [1.29, 1.82) is 0 Å². The second-order valence-corrected chi connectivity index (χ2v) is 7.00. The number of benzene rings is 1. The second-order valence-electron chi connectivity index (χ2n) is 7.00. The Morgan fingerprint density at radius 2 is 1.65 bits per heavy atom. The maximum atomic E-state index is 5.74. The van der Waals surface area contributed by atoms with Gasteiger partial charge in [-0.3, -0.25) is 0 Å². The minimum Gasteiger partial charge on any atom is -0.494 e. The average molecular weight is 354 g/mol. The Morgan fingerprint density at radius 1 is 0.962 bits per heavy atom. The molecule has 0 atom stereocenters. The van der Waals surface area contributed by atoms with Crippen molar-refractivity contribution in [3.05, 3.63) is 42.2 Å². The van der Waals surface area contributed by atoms with Gasteiger partial charge in [-0.1, -0.05) is 13.3 Å². The molecule has 1 aromatic heterocycles. The van der Waals surface area contributed by atoms with Crippen LogP contribution >= 0.6 is 0 Å². The number of ether oxygens (including phenoxy) is 2. The first kappa shape index (κ1) is 18.8. The van der Waals surface area contributed by atoms with E-state index in [0.29, 0.717) is 12.0 Å². The molecule has 1 aromatic carbocycles. The predicted molar refractivity (Wildman–Crippen MR) is 104 cm³/mol. The van der Waals surface area contributed by atoms with E-state index in [0.717, 1.165) is 68.9 Å². The Morgan fingerprint density at radius 3 is 2.27 bits per heavy atom. The van der Waals surface area contributed by atoms with E-state index in [-0.39, 0.29) is 0 Å². The molecule has 140 valence electrons. The van der Waals surface area contributed by atoms with Crippen molar-refractivity contribution in [1.82, 2.24) is 9.97 Å². The monoisotopic (exact) mass is 354 g/mol. The average Bonchev–Trinajstić information content (AvgIpc) is 2.70. The van der Waals surface area contributed by atoms with Gasteiger partial charge >= 0.3 is 0 Å². The van der Waals surface area contributed by atoms with Crippen molar-refractivity contribution >= 4 is 0 Å². The first-order chi connectivity index (χ1) is 12.8. The summed E-state index contributed by atoms with van der Waals surface area (Å²) in [6, 6.07) is 8.06. The first-order valence-electron chi connectivity index (χ1n) is 9.97. The van der Waals surface area contributed by atoms with Crippen LogP contribution in [0.3, 0.4) is 0 Å². The van der Waals surface area contributed by atoms with Crippen LogP contribution in [0.5, 0.6) is 5.75 Å². The van der Waals surface area contributed by atoms with Gasteiger partial charge in [0.25, 0.3) is 0 Å². The molecule has 0 unspecified atom stereocenters. The number of nitrogens with zero attached hydrogens (tertiary/aromatic N) is 2. The zero-order chi connectivity index (χ0) is 18.2. The number of aromatic nitrogens is 2. The van der Waals surface area contributed by atoms with Crippen LogP contribution in [0.1, 0.15) is 63.9 Å². The smallest absolute Gasteiger partial charge is 0.159 e. The zero-order valence-electron chi connectivity index (χ0n) is 16.0. The van der Waals surface area contributed by atoms with Gasteiger partial charge in [0.1, 0.15) is 5.75 Å². The van der Waals surface area contributed by atoms with E-state index in [1.165, 1.54) is 5.56 Å². The Bertz CT molecular complexity index is 647. The summed E-state index contributed by atoms with van der Waals surface area (Å²) < 4.78 is 11.5. The summed E-state index contributed by atoms with van der Waals surface area (Å²) in [5, 5.41) is 0. The largest absolute Gasteiger partial charge is 0.494 e. The molecule has 0 bridgehead atoms. The van der Waals surface area contributed by atoms with Gasteiger partial charge in [0.15, 0.2) is 5.82 Å². The molecule has 0 aliphatic heterocycles. The molecule has 1 aliphatic rings. The molecule has 0 amide bonds. The van der Waals surface area contributed by atoms with Crippen LogP contribution in [0.25, 0.3) is 11.4 Å². The van der Waals surface area contributed by atoms with Gasteiger partial charge in [-0.2, -0.15) is 0 Å². The highest BCUT2D eigenvalue weighted by atomic mass is 16.5. The summed E-state index contributed by atoms with van der Waals surface area (Å²) >= 11 is 0. The number of unbranched alkanes of at least 4 members (excludes halogenated alkanes) is 1. The maximum absolute atomic E-state index is 5.74. The van der Waals surface area contributed by atoms with E-state index >= 15 is 0 Å². The van der Waals surface area contributed by atoms with Gasteiger partial charge in [-0.15, -0.1) is 0 Å². The standard InChI is InChI=1S/C22H30N2O2/c1-3-5-14-26-21-12-8-18(9-13-21)22-23-15-19(16-24-22)17-6-10-20(11-7-17)25-4-2/h8-9,12-13,15-17,20H,3-7,10-11,14H2,1-2H3. The van der Waals surface area contributed by atoms with E-state index in [1.54, 1.807) is 0 Å². The molecule has 0 N–H and O–H groups in total. The maximum Gasteiger partial charge on any atom is 0.159 e. The van der Waals surface area contributed by atoms with Crippen LogP contribution in [-0.4, -0.2) is 29.3 Å². The lowest BCUT2D eigenvalue weighted by Gasteiger charge is -2.28. The molecule has 0 radical (unpaired) electrons. The molecule has 0 saturated heterocycles. The quantitative estimate of drug-likeness (QED) is 0.597. The molecule has 2 aromatic rings. The molecule has 1 aliphatic carbocycles. The van der Waals surface area contributed by atoms with E-state index in [4.69, 9.17) is 9.47 Å². The third-order valence-electron chi connectivity index (χ3n) is 5.10. The van der Waals surface area contributed by atoms with Crippen LogP contribution in [0.2, 0.25) is 0 Å². The molecular formula is C22H30N2O2. The third-order valence-corrected chi connectivity index (χ3v) is 5.10. The number of rotatable bonds is 8. The van der Waals surface area contributed by atoms with Gasteiger partial charge in [-0.25, -0.2) is 9.97 Å². The van der Waals surface area contributed by atoms with Crippen LogP contribution in [0.15, 0.2) is 36.7 Å². The minimum atomic E-state index is 0.439. The number of hydrogen-bond donors (Lipinski definition) is 0. The second kappa shape index (κ2) is 9.67. The summed E-state index contributed by atoms with van der Waals surface area (Å²) in [7, 11) is 0. The van der Waals surface area contributed by atoms with Gasteiger partial charge in [-0.05, 0) is 74.8 Å². The minimum absolute atomic E-state index is 0.439. The SMILES string of the molecule is CCCCOc1ccc(-c2ncc(C3CCC(OCC)CC3)cn2)cc1. The highest BCUT2D eigenvalue weighted by Crippen LogP contribution is 2.33. The molecule has 0 spiro atoms. The Balaban J connectivity index is 1.57. The molecular weight excluding hydrogens is 324 g/mol. The normalized spacial score (nSPS) is 20.1. The lowest BCUT2D eigenvalue weighted by Crippen LogP contribution is -2.20. The Hall–Kier alpha value is -1.94. The van der Waals surface area contributed by atoms with Gasteiger partial charge in [0.2, 0.25) is 0 Å². The predicted octanol–water partition coefficient (Wildman–Crippen LogP) is 5.39. The van der Waals surface area contributed by atoms with Crippen molar-refractivity contribution in [2.24, 2.45) is 0 Å². The molecule has 3 rings (SSSR count). The van der Waals surface area contributed by atoms with Crippen molar-refractivity contribution in [3.8, 4) is 17.1 Å². The van der Waals surface area contributed by atoms with Crippen LogP contribution in [-0.2, 0) is 4.74 Å². The van der Waals surface area contributed by atoms with E-state index in [1.807, 2.05) is 36.7 Å². The van der Waals surface area contributed by atoms with Crippen LogP contribution in [0.4, 0.5) is 0 Å². The highest BCUT2D eigenvalue weighted by Gasteiger charge is 2.23. The summed E-state index contributed by atoms with van der Waals surface area (Å²) in [6.07, 6.45) is 11.3. The van der Waals surface area contributed by atoms with Crippen molar-refractivity contribution in [3.63, 3.8) is 0 Å². The fourth-order valence-electron chi connectivity index (χ4n) is 3.53. The topological polar surface area (TPSA) is 44.2 Å². The van der Waals surface area contributed by atoms with Crippen molar-refractivity contribution < 1.29 is 9.47 Å². The number of hydrogen-bond acceptors (Lipinski definition) is 4.